The van der Waals surface area contributed by atoms with E-state index in [9.17, 15) is 0 Å². The van der Waals surface area contributed by atoms with E-state index in [-0.39, 0.29) is 0 Å². The molecule has 0 saturated carbocycles. The molecule has 12 heavy (non-hydrogen) atoms. The predicted octanol–water partition coefficient (Wildman–Crippen LogP) is 0.977. The van der Waals surface area contributed by atoms with Crippen molar-refractivity contribution in [2.24, 2.45) is 7.05 Å². The van der Waals surface area contributed by atoms with Gasteiger partial charge in [-0.05, 0) is 6.07 Å². The summed E-state index contributed by atoms with van der Waals surface area (Å²) in [7, 11) is 3.49. The largest absolute Gasteiger partial charge is 0.495 e. The Labute approximate surface area is 69.8 Å². The van der Waals surface area contributed by atoms with Crippen molar-refractivity contribution in [2.75, 3.05) is 7.11 Å². The lowest BCUT2D eigenvalue weighted by atomic mass is 10.3. The second kappa shape index (κ2) is 2.48. The maximum absolute atomic E-state index is 5.03. The fourth-order valence-electron chi connectivity index (χ4n) is 1.13. The molecule has 0 saturated heterocycles. The summed E-state index contributed by atoms with van der Waals surface area (Å²) in [5.41, 5.74) is 0.871. The molecule has 4 heteroatoms. The first-order valence-electron chi connectivity index (χ1n) is 3.63. The van der Waals surface area contributed by atoms with Gasteiger partial charge in [0.25, 0.3) is 0 Å². The van der Waals surface area contributed by atoms with Gasteiger partial charge in [-0.2, -0.15) is 5.10 Å². The van der Waals surface area contributed by atoms with Crippen LogP contribution < -0.4 is 4.74 Å². The monoisotopic (exact) mass is 163 g/mol. The van der Waals surface area contributed by atoms with Gasteiger partial charge in [0.15, 0.2) is 5.65 Å². The number of nitrogens with zero attached hydrogens (tertiary/aromatic N) is 3. The summed E-state index contributed by atoms with van der Waals surface area (Å²) in [6.45, 7) is 0. The van der Waals surface area contributed by atoms with Gasteiger partial charge < -0.3 is 4.74 Å². The minimum atomic E-state index is 0.760. The van der Waals surface area contributed by atoms with Crippen LogP contribution in [0, 0.1) is 0 Å². The summed E-state index contributed by atoms with van der Waals surface area (Å²) in [5.74, 6) is 0.760. The van der Waals surface area contributed by atoms with E-state index in [4.69, 9.17) is 4.74 Å². The highest BCUT2D eigenvalue weighted by molar-refractivity contribution is 5.75. The number of methoxy groups -OCH3 is 1. The second-order valence-corrected chi connectivity index (χ2v) is 2.56. The number of hydrogen-bond donors (Lipinski definition) is 0. The molecule has 0 N–H and O–H groups in total. The summed E-state index contributed by atoms with van der Waals surface area (Å²) in [6, 6.07) is 1.91. The molecule has 0 atom stereocenters. The molecular weight excluding hydrogens is 154 g/mol. The maximum atomic E-state index is 5.03. The average molecular weight is 163 g/mol. The molecule has 2 heterocycles. The molecule has 0 aliphatic rings. The third-order valence-corrected chi connectivity index (χ3v) is 1.78. The highest BCUT2D eigenvalue weighted by atomic mass is 16.5. The van der Waals surface area contributed by atoms with E-state index < -0.39 is 0 Å². The lowest BCUT2D eigenvalue weighted by Crippen LogP contribution is -1.91. The van der Waals surface area contributed by atoms with Crippen molar-refractivity contribution in [2.45, 2.75) is 0 Å². The molecule has 0 aliphatic carbocycles. The first kappa shape index (κ1) is 7.09. The van der Waals surface area contributed by atoms with E-state index in [1.165, 1.54) is 0 Å². The Kier molecular flexibility index (Phi) is 1.46. The zero-order valence-corrected chi connectivity index (χ0v) is 6.98. The number of rotatable bonds is 1. The number of aryl methyl sites for hydroxylation is 1. The quantitative estimate of drug-likeness (QED) is 0.629. The van der Waals surface area contributed by atoms with Crippen LogP contribution in [0.3, 0.4) is 0 Å². The molecule has 4 nitrogen and oxygen atoms in total. The Balaban J connectivity index is 2.69. The van der Waals surface area contributed by atoms with Gasteiger partial charge >= 0.3 is 0 Å². The maximum Gasteiger partial charge on any atom is 0.157 e. The van der Waals surface area contributed by atoms with Gasteiger partial charge in [0.05, 0.1) is 19.5 Å². The zero-order chi connectivity index (χ0) is 8.55. The summed E-state index contributed by atoms with van der Waals surface area (Å²) in [6.07, 6.45) is 3.45. The van der Waals surface area contributed by atoms with Crippen LogP contribution in [0.15, 0.2) is 18.5 Å². The fourth-order valence-corrected chi connectivity index (χ4v) is 1.13. The average Bonchev–Trinajstić information content (AvgIpc) is 2.47. The van der Waals surface area contributed by atoms with Crippen molar-refractivity contribution in [3.8, 4) is 5.75 Å². The lowest BCUT2D eigenvalue weighted by molar-refractivity contribution is 0.413. The topological polar surface area (TPSA) is 39.9 Å². The Hall–Kier alpha value is -1.58. The summed E-state index contributed by atoms with van der Waals surface area (Å²) < 4.78 is 6.76. The Bertz CT molecular complexity index is 408. The second-order valence-electron chi connectivity index (χ2n) is 2.56. The minimum absolute atomic E-state index is 0.760. The summed E-state index contributed by atoms with van der Waals surface area (Å²) in [5, 5.41) is 5.07. The Morgan fingerprint density at radius 3 is 3.00 bits per heavy atom. The lowest BCUT2D eigenvalue weighted by Gasteiger charge is -1.97. The fraction of sp³-hybridized carbons (Fsp3) is 0.250. The normalized spacial score (nSPS) is 10.5. The van der Waals surface area contributed by atoms with Crippen molar-refractivity contribution in [3.63, 3.8) is 0 Å². The first-order valence-corrected chi connectivity index (χ1v) is 3.63. The number of aromatic nitrogens is 3. The van der Waals surface area contributed by atoms with E-state index in [1.807, 2.05) is 13.1 Å². The Morgan fingerprint density at radius 1 is 1.42 bits per heavy atom. The van der Waals surface area contributed by atoms with Gasteiger partial charge in [-0.1, -0.05) is 0 Å². The molecule has 2 rings (SSSR count). The van der Waals surface area contributed by atoms with E-state index in [0.717, 1.165) is 16.8 Å². The molecule has 62 valence electrons. The molecule has 0 bridgehead atoms. The van der Waals surface area contributed by atoms with E-state index in [0.29, 0.717) is 0 Å². The van der Waals surface area contributed by atoms with Crippen LogP contribution >= 0.6 is 0 Å². The van der Waals surface area contributed by atoms with Crippen LogP contribution in [0.2, 0.25) is 0 Å². The van der Waals surface area contributed by atoms with Gasteiger partial charge in [-0.3, -0.25) is 4.68 Å². The molecule has 0 spiro atoms. The van der Waals surface area contributed by atoms with Gasteiger partial charge in [0, 0.05) is 12.4 Å². The van der Waals surface area contributed by atoms with Crippen LogP contribution in [-0.4, -0.2) is 21.9 Å². The molecule has 0 aromatic carbocycles. The predicted molar refractivity (Wildman–Crippen MR) is 45.1 cm³/mol. The summed E-state index contributed by atoms with van der Waals surface area (Å²) >= 11 is 0. The van der Waals surface area contributed by atoms with Crippen molar-refractivity contribution in [3.05, 3.63) is 18.5 Å². The SMILES string of the molecule is COc1cnc2c(cnn2C)c1. The number of ether oxygens (including phenoxy) is 1. The van der Waals surface area contributed by atoms with Crippen LogP contribution in [0.5, 0.6) is 5.75 Å². The van der Waals surface area contributed by atoms with Crippen LogP contribution in [0.1, 0.15) is 0 Å². The van der Waals surface area contributed by atoms with Gasteiger partial charge in [0.2, 0.25) is 0 Å². The number of pyridine rings is 1. The number of hydrogen-bond acceptors (Lipinski definition) is 3. The van der Waals surface area contributed by atoms with Gasteiger partial charge in [-0.25, -0.2) is 4.98 Å². The van der Waals surface area contributed by atoms with E-state index in [2.05, 4.69) is 10.1 Å². The number of fused-ring (bicyclic) bond motifs is 1. The molecule has 0 aliphatic heterocycles. The van der Waals surface area contributed by atoms with Crippen molar-refractivity contribution in [1.29, 1.82) is 0 Å². The van der Waals surface area contributed by atoms with E-state index in [1.54, 1.807) is 24.2 Å². The highest BCUT2D eigenvalue weighted by Crippen LogP contribution is 2.16. The zero-order valence-electron chi connectivity index (χ0n) is 6.98. The first-order chi connectivity index (χ1) is 5.81. The third-order valence-electron chi connectivity index (χ3n) is 1.78. The molecule has 0 amide bonds. The molecule has 0 radical (unpaired) electrons. The highest BCUT2D eigenvalue weighted by Gasteiger charge is 2.00. The van der Waals surface area contributed by atoms with Crippen molar-refractivity contribution < 1.29 is 4.74 Å². The van der Waals surface area contributed by atoms with Crippen LogP contribution in [0.4, 0.5) is 0 Å². The summed E-state index contributed by atoms with van der Waals surface area (Å²) in [4.78, 5) is 4.19. The standard InChI is InChI=1S/C8H9N3O/c1-11-8-6(4-10-11)3-7(12-2)5-9-8/h3-5H,1-2H3. The van der Waals surface area contributed by atoms with Crippen molar-refractivity contribution in [1.82, 2.24) is 14.8 Å². The third kappa shape index (κ3) is 0.922. The van der Waals surface area contributed by atoms with Gasteiger partial charge in [0.1, 0.15) is 5.75 Å². The Morgan fingerprint density at radius 2 is 2.25 bits per heavy atom. The van der Waals surface area contributed by atoms with Crippen LogP contribution in [-0.2, 0) is 7.05 Å². The van der Waals surface area contributed by atoms with E-state index >= 15 is 0 Å². The van der Waals surface area contributed by atoms with Gasteiger partial charge in [-0.15, -0.1) is 0 Å². The molecule has 0 unspecified atom stereocenters. The van der Waals surface area contributed by atoms with Crippen molar-refractivity contribution >= 4 is 11.0 Å². The molecule has 2 aromatic heterocycles. The minimum Gasteiger partial charge on any atom is -0.495 e. The smallest absolute Gasteiger partial charge is 0.157 e. The molecular formula is C8H9N3O. The molecule has 2 aromatic rings. The van der Waals surface area contributed by atoms with Crippen LogP contribution in [0.25, 0.3) is 11.0 Å². The molecule has 0 fully saturated rings.